The van der Waals surface area contributed by atoms with Crippen LogP contribution in [0.15, 0.2) is 54.7 Å². The highest BCUT2D eigenvalue weighted by atomic mass is 19.3. The third kappa shape index (κ3) is 5.69. The number of ether oxygens (including phenoxy) is 3. The second-order valence-corrected chi connectivity index (χ2v) is 6.77. The Kier molecular flexibility index (Phi) is 7.02. The van der Waals surface area contributed by atoms with E-state index in [9.17, 15) is 13.6 Å². The zero-order valence-electron chi connectivity index (χ0n) is 17.3. The Balaban J connectivity index is 1.67. The van der Waals surface area contributed by atoms with E-state index < -0.39 is 12.5 Å². The van der Waals surface area contributed by atoms with E-state index in [0.717, 1.165) is 16.9 Å². The third-order valence-corrected chi connectivity index (χ3v) is 4.46. The molecule has 0 aliphatic rings. The molecule has 3 rings (SSSR count). The van der Waals surface area contributed by atoms with Crippen LogP contribution in [0.1, 0.15) is 27.0 Å². The van der Waals surface area contributed by atoms with Gasteiger partial charge in [0.15, 0.2) is 11.5 Å². The van der Waals surface area contributed by atoms with Crippen molar-refractivity contribution in [3.05, 3.63) is 77.0 Å². The second-order valence-electron chi connectivity index (χ2n) is 6.77. The third-order valence-electron chi connectivity index (χ3n) is 4.46. The highest BCUT2D eigenvalue weighted by Crippen LogP contribution is 2.32. The Morgan fingerprint density at radius 2 is 1.90 bits per heavy atom. The molecule has 0 spiro atoms. The number of para-hydroxylation sites is 1. The summed E-state index contributed by atoms with van der Waals surface area (Å²) in [6.45, 7) is 0.979. The fourth-order valence-electron chi connectivity index (χ4n) is 2.85. The van der Waals surface area contributed by atoms with Crippen LogP contribution in [-0.2, 0) is 6.54 Å². The predicted molar refractivity (Wildman–Crippen MR) is 111 cm³/mol. The molecule has 1 N–H and O–H groups in total. The Morgan fingerprint density at radius 1 is 1.10 bits per heavy atom. The van der Waals surface area contributed by atoms with Crippen molar-refractivity contribution in [2.45, 2.75) is 27.0 Å². The summed E-state index contributed by atoms with van der Waals surface area (Å²) in [5.74, 6) is 0.294. The Labute approximate surface area is 178 Å². The van der Waals surface area contributed by atoms with Gasteiger partial charge in [0, 0.05) is 18.8 Å². The molecule has 3 aromatic rings. The van der Waals surface area contributed by atoms with Crippen LogP contribution in [0.25, 0.3) is 0 Å². The number of nitrogens with zero attached hydrogens (tertiary/aromatic N) is 1. The molecule has 31 heavy (non-hydrogen) atoms. The molecule has 0 aliphatic carbocycles. The maximum Gasteiger partial charge on any atom is 0.387 e. The lowest BCUT2D eigenvalue weighted by molar-refractivity contribution is -0.0515. The first-order valence-electron chi connectivity index (χ1n) is 9.47. The van der Waals surface area contributed by atoms with E-state index in [4.69, 9.17) is 9.47 Å². The largest absolute Gasteiger partial charge is 0.493 e. The zero-order valence-corrected chi connectivity index (χ0v) is 17.3. The summed E-state index contributed by atoms with van der Waals surface area (Å²) < 4.78 is 40.8. The summed E-state index contributed by atoms with van der Waals surface area (Å²) in [6.07, 6.45) is 1.57. The van der Waals surface area contributed by atoms with Crippen LogP contribution in [0.4, 0.5) is 8.78 Å². The van der Waals surface area contributed by atoms with Crippen LogP contribution in [-0.4, -0.2) is 24.6 Å². The van der Waals surface area contributed by atoms with Crippen molar-refractivity contribution in [3.63, 3.8) is 0 Å². The highest BCUT2D eigenvalue weighted by Gasteiger charge is 2.20. The van der Waals surface area contributed by atoms with E-state index in [-0.39, 0.29) is 23.6 Å². The molecule has 0 fully saturated rings. The molecule has 2 aromatic carbocycles. The number of nitrogens with one attached hydrogen (secondary N) is 1. The standard InChI is InChI=1S/C23H22F2N2O4/c1-14-7-8-15(2)19(11-14)30-20-10-9-16(12-26-20)13-27-22(28)17-5-4-6-18(29-3)21(17)31-23(24)25/h4-12,23H,13H2,1-3H3,(H,27,28). The quantitative estimate of drug-likeness (QED) is 0.545. The first kappa shape index (κ1) is 22.0. The molecule has 1 amide bonds. The number of hydrogen-bond acceptors (Lipinski definition) is 5. The Bertz CT molecular complexity index is 1060. The van der Waals surface area contributed by atoms with E-state index in [1.54, 1.807) is 18.3 Å². The molecule has 0 aliphatic heterocycles. The number of aromatic nitrogens is 1. The Hall–Kier alpha value is -3.68. The number of aryl methyl sites for hydroxylation is 2. The van der Waals surface area contributed by atoms with Crippen molar-refractivity contribution in [3.8, 4) is 23.1 Å². The number of rotatable bonds is 8. The van der Waals surface area contributed by atoms with Crippen LogP contribution in [0.3, 0.4) is 0 Å². The van der Waals surface area contributed by atoms with Gasteiger partial charge in [0.25, 0.3) is 5.91 Å². The van der Waals surface area contributed by atoms with Crippen molar-refractivity contribution in [1.29, 1.82) is 0 Å². The molecule has 0 saturated carbocycles. The number of alkyl halides is 2. The fourth-order valence-corrected chi connectivity index (χ4v) is 2.85. The number of carbonyl (C=O) groups is 1. The summed E-state index contributed by atoms with van der Waals surface area (Å²) in [5, 5.41) is 2.67. The normalized spacial score (nSPS) is 10.6. The molecule has 0 unspecified atom stereocenters. The van der Waals surface area contributed by atoms with Gasteiger partial charge in [-0.3, -0.25) is 4.79 Å². The zero-order chi connectivity index (χ0) is 22.4. The lowest BCUT2D eigenvalue weighted by Crippen LogP contribution is -2.24. The maximum absolute atomic E-state index is 12.7. The van der Waals surface area contributed by atoms with Crippen molar-refractivity contribution < 1.29 is 27.8 Å². The van der Waals surface area contributed by atoms with E-state index in [1.165, 1.54) is 25.3 Å². The van der Waals surface area contributed by atoms with Gasteiger partial charge in [-0.2, -0.15) is 8.78 Å². The topological polar surface area (TPSA) is 69.7 Å². The molecule has 6 nitrogen and oxygen atoms in total. The maximum atomic E-state index is 12.7. The Morgan fingerprint density at radius 3 is 2.58 bits per heavy atom. The summed E-state index contributed by atoms with van der Waals surface area (Å²) in [5.41, 5.74) is 2.72. The first-order valence-corrected chi connectivity index (χ1v) is 9.47. The molecule has 0 atom stereocenters. The van der Waals surface area contributed by atoms with Crippen LogP contribution < -0.4 is 19.5 Å². The molecular formula is C23H22F2N2O4. The van der Waals surface area contributed by atoms with Gasteiger partial charge in [0.1, 0.15) is 5.75 Å². The summed E-state index contributed by atoms with van der Waals surface area (Å²) in [4.78, 5) is 16.8. The number of hydrogen-bond donors (Lipinski definition) is 1. The van der Waals surface area contributed by atoms with Crippen molar-refractivity contribution in [1.82, 2.24) is 10.3 Å². The average Bonchev–Trinajstić information content (AvgIpc) is 2.75. The smallest absolute Gasteiger partial charge is 0.387 e. The second kappa shape index (κ2) is 9.88. The van der Waals surface area contributed by atoms with E-state index >= 15 is 0 Å². The van der Waals surface area contributed by atoms with Crippen LogP contribution >= 0.6 is 0 Å². The van der Waals surface area contributed by atoms with Gasteiger partial charge in [-0.1, -0.05) is 24.3 Å². The summed E-state index contributed by atoms with van der Waals surface area (Å²) in [6, 6.07) is 13.7. The number of halogens is 2. The van der Waals surface area contributed by atoms with Crippen LogP contribution in [0.2, 0.25) is 0 Å². The molecule has 1 aromatic heterocycles. The van der Waals surface area contributed by atoms with Gasteiger partial charge < -0.3 is 19.5 Å². The predicted octanol–water partition coefficient (Wildman–Crippen LogP) is 5.03. The molecule has 1 heterocycles. The molecule has 0 bridgehead atoms. The van der Waals surface area contributed by atoms with Gasteiger partial charge >= 0.3 is 6.61 Å². The highest BCUT2D eigenvalue weighted by molar-refractivity contribution is 5.97. The van der Waals surface area contributed by atoms with Gasteiger partial charge in [-0.05, 0) is 48.7 Å². The van der Waals surface area contributed by atoms with Gasteiger partial charge in [-0.15, -0.1) is 0 Å². The molecule has 0 saturated heterocycles. The van der Waals surface area contributed by atoms with Gasteiger partial charge in [0.05, 0.1) is 12.7 Å². The van der Waals surface area contributed by atoms with E-state index in [2.05, 4.69) is 15.0 Å². The van der Waals surface area contributed by atoms with Gasteiger partial charge in [0.2, 0.25) is 5.88 Å². The van der Waals surface area contributed by atoms with E-state index in [1.807, 2.05) is 32.0 Å². The minimum Gasteiger partial charge on any atom is -0.493 e. The number of carbonyl (C=O) groups excluding carboxylic acids is 1. The number of amides is 1. The molecular weight excluding hydrogens is 406 g/mol. The summed E-state index contributed by atoms with van der Waals surface area (Å²) in [7, 11) is 1.31. The van der Waals surface area contributed by atoms with E-state index in [0.29, 0.717) is 11.4 Å². The minimum absolute atomic E-state index is 0.0440. The first-order chi connectivity index (χ1) is 14.9. The number of benzene rings is 2. The van der Waals surface area contributed by atoms with Crippen molar-refractivity contribution >= 4 is 5.91 Å². The van der Waals surface area contributed by atoms with Gasteiger partial charge in [-0.25, -0.2) is 4.98 Å². The van der Waals surface area contributed by atoms with Crippen LogP contribution in [0, 0.1) is 13.8 Å². The van der Waals surface area contributed by atoms with Crippen molar-refractivity contribution in [2.24, 2.45) is 0 Å². The van der Waals surface area contributed by atoms with Crippen molar-refractivity contribution in [2.75, 3.05) is 7.11 Å². The number of methoxy groups -OCH3 is 1. The molecule has 8 heteroatoms. The van der Waals surface area contributed by atoms with Crippen LogP contribution in [0.5, 0.6) is 23.1 Å². The molecule has 0 radical (unpaired) electrons. The fraction of sp³-hybridized carbons (Fsp3) is 0.217. The SMILES string of the molecule is COc1cccc(C(=O)NCc2ccc(Oc3cc(C)ccc3C)nc2)c1OC(F)F. The lowest BCUT2D eigenvalue weighted by atomic mass is 10.1. The number of pyridine rings is 1. The monoisotopic (exact) mass is 428 g/mol. The molecule has 162 valence electrons. The minimum atomic E-state index is -3.09. The average molecular weight is 428 g/mol. The lowest BCUT2D eigenvalue weighted by Gasteiger charge is -2.14. The summed E-state index contributed by atoms with van der Waals surface area (Å²) >= 11 is 0.